The van der Waals surface area contributed by atoms with E-state index in [0.29, 0.717) is 19.7 Å². The van der Waals surface area contributed by atoms with Crippen molar-refractivity contribution in [2.75, 3.05) is 33.9 Å². The number of hydrogen-bond acceptors (Lipinski definition) is 7. The van der Waals surface area contributed by atoms with E-state index in [-0.39, 0.29) is 6.10 Å². The van der Waals surface area contributed by atoms with Gasteiger partial charge in [-0.25, -0.2) is 9.50 Å². The summed E-state index contributed by atoms with van der Waals surface area (Å²) in [4.78, 5) is 6.99. The second-order valence-corrected chi connectivity index (χ2v) is 8.11. The standard InChI is InChI=1S/C24H28N6O3/c1-17-18(15-29-11-5-9-26-29)24-25-10-8-20(30(24)27-17)23-16-28(12-13-33-23)14-19-21(31-2)6-4-7-22(19)32-3/h4-11,23H,12-16H2,1-3H3. The normalized spacial score (nSPS) is 16.9. The molecule has 0 radical (unpaired) electrons. The fourth-order valence-corrected chi connectivity index (χ4v) is 4.43. The predicted molar refractivity (Wildman–Crippen MR) is 123 cm³/mol. The van der Waals surface area contributed by atoms with Crippen LogP contribution < -0.4 is 9.47 Å². The van der Waals surface area contributed by atoms with E-state index in [0.717, 1.165) is 52.8 Å². The number of aryl methyl sites for hydroxylation is 1. The first kappa shape index (κ1) is 21.4. The Hall–Kier alpha value is -3.43. The largest absolute Gasteiger partial charge is 0.496 e. The van der Waals surface area contributed by atoms with Gasteiger partial charge in [-0.2, -0.15) is 10.2 Å². The van der Waals surface area contributed by atoms with E-state index in [1.807, 2.05) is 58.8 Å². The molecule has 172 valence electrons. The van der Waals surface area contributed by atoms with E-state index in [2.05, 4.69) is 15.0 Å². The van der Waals surface area contributed by atoms with Gasteiger partial charge in [-0.3, -0.25) is 9.58 Å². The third-order valence-electron chi connectivity index (χ3n) is 6.12. The molecule has 0 bridgehead atoms. The number of ether oxygens (including phenoxy) is 3. The molecular formula is C24H28N6O3. The van der Waals surface area contributed by atoms with Gasteiger partial charge in [0.15, 0.2) is 5.65 Å². The number of nitrogens with zero attached hydrogens (tertiary/aromatic N) is 6. The van der Waals surface area contributed by atoms with Crippen molar-refractivity contribution in [3.8, 4) is 11.5 Å². The number of aromatic nitrogens is 5. The Morgan fingerprint density at radius 1 is 1.03 bits per heavy atom. The van der Waals surface area contributed by atoms with E-state index < -0.39 is 0 Å². The van der Waals surface area contributed by atoms with Crippen LogP contribution in [0.2, 0.25) is 0 Å². The Bertz CT molecular complexity index is 1210. The number of benzene rings is 1. The highest BCUT2D eigenvalue weighted by Crippen LogP contribution is 2.32. The third kappa shape index (κ3) is 4.17. The maximum absolute atomic E-state index is 6.20. The van der Waals surface area contributed by atoms with Crippen molar-refractivity contribution in [3.05, 3.63) is 71.4 Å². The van der Waals surface area contributed by atoms with Crippen molar-refractivity contribution < 1.29 is 14.2 Å². The first-order valence-corrected chi connectivity index (χ1v) is 11.0. The molecule has 0 amide bonds. The van der Waals surface area contributed by atoms with Crippen LogP contribution in [0.15, 0.2) is 48.9 Å². The summed E-state index contributed by atoms with van der Waals surface area (Å²) in [6.07, 6.45) is 5.44. The summed E-state index contributed by atoms with van der Waals surface area (Å²) < 4.78 is 21.2. The summed E-state index contributed by atoms with van der Waals surface area (Å²) in [5.74, 6) is 1.66. The summed E-state index contributed by atoms with van der Waals surface area (Å²) in [7, 11) is 3.38. The molecule has 1 aliphatic heterocycles. The van der Waals surface area contributed by atoms with Gasteiger partial charge in [0.05, 0.1) is 44.3 Å². The fourth-order valence-electron chi connectivity index (χ4n) is 4.43. The maximum Gasteiger partial charge on any atom is 0.160 e. The topological polar surface area (TPSA) is 78.9 Å². The first-order valence-electron chi connectivity index (χ1n) is 11.0. The number of hydrogen-bond donors (Lipinski definition) is 0. The molecule has 9 nitrogen and oxygen atoms in total. The predicted octanol–water partition coefficient (Wildman–Crippen LogP) is 2.87. The first-order chi connectivity index (χ1) is 16.2. The summed E-state index contributed by atoms with van der Waals surface area (Å²) in [5.41, 5.74) is 4.88. The summed E-state index contributed by atoms with van der Waals surface area (Å²) >= 11 is 0. The van der Waals surface area contributed by atoms with Crippen LogP contribution >= 0.6 is 0 Å². The minimum Gasteiger partial charge on any atom is -0.496 e. The molecule has 1 atom stereocenters. The van der Waals surface area contributed by atoms with Crippen molar-refractivity contribution in [1.82, 2.24) is 29.3 Å². The van der Waals surface area contributed by atoms with Gasteiger partial charge < -0.3 is 14.2 Å². The molecule has 1 unspecified atom stereocenters. The van der Waals surface area contributed by atoms with E-state index >= 15 is 0 Å². The Morgan fingerprint density at radius 3 is 2.58 bits per heavy atom. The average Bonchev–Trinajstić information content (AvgIpc) is 3.47. The summed E-state index contributed by atoms with van der Waals surface area (Å²) in [6, 6.07) is 9.79. The number of fused-ring (bicyclic) bond motifs is 1. The Balaban J connectivity index is 1.42. The van der Waals surface area contributed by atoms with E-state index in [4.69, 9.17) is 19.3 Å². The van der Waals surface area contributed by atoms with Gasteiger partial charge in [0.1, 0.15) is 17.6 Å². The van der Waals surface area contributed by atoms with Crippen molar-refractivity contribution in [2.24, 2.45) is 0 Å². The van der Waals surface area contributed by atoms with Crippen LogP contribution in [-0.4, -0.2) is 63.2 Å². The van der Waals surface area contributed by atoms with Crippen molar-refractivity contribution in [1.29, 1.82) is 0 Å². The van der Waals surface area contributed by atoms with Crippen LogP contribution in [-0.2, 0) is 17.8 Å². The molecule has 4 heterocycles. The lowest BCUT2D eigenvalue weighted by Crippen LogP contribution is -2.38. The second-order valence-electron chi connectivity index (χ2n) is 8.11. The maximum atomic E-state index is 6.20. The smallest absolute Gasteiger partial charge is 0.160 e. The van der Waals surface area contributed by atoms with E-state index in [1.165, 1.54) is 0 Å². The van der Waals surface area contributed by atoms with Crippen molar-refractivity contribution in [2.45, 2.75) is 26.1 Å². The lowest BCUT2D eigenvalue weighted by molar-refractivity contribution is -0.0363. The van der Waals surface area contributed by atoms with Gasteiger partial charge in [-0.1, -0.05) is 6.07 Å². The third-order valence-corrected chi connectivity index (χ3v) is 6.12. The minimum atomic E-state index is -0.123. The van der Waals surface area contributed by atoms with Gasteiger partial charge >= 0.3 is 0 Å². The monoisotopic (exact) mass is 448 g/mol. The van der Waals surface area contributed by atoms with Crippen molar-refractivity contribution in [3.63, 3.8) is 0 Å². The summed E-state index contributed by atoms with van der Waals surface area (Å²) in [6.45, 7) is 5.54. The molecule has 0 saturated carbocycles. The average molecular weight is 449 g/mol. The molecule has 4 aromatic rings. The van der Waals surface area contributed by atoms with Gasteiger partial charge in [-0.15, -0.1) is 0 Å². The SMILES string of the molecule is COc1cccc(OC)c1CN1CCOC(c2ccnc3c(Cn4cccn4)c(C)nn23)C1. The summed E-state index contributed by atoms with van der Waals surface area (Å²) in [5, 5.41) is 9.14. The van der Waals surface area contributed by atoms with Crippen molar-refractivity contribution >= 4 is 5.65 Å². The molecule has 5 rings (SSSR count). The van der Waals surface area contributed by atoms with Crippen LogP contribution in [0.3, 0.4) is 0 Å². The minimum absolute atomic E-state index is 0.123. The van der Waals surface area contributed by atoms with Gasteiger partial charge in [0.2, 0.25) is 0 Å². The molecule has 0 N–H and O–H groups in total. The Morgan fingerprint density at radius 2 is 1.85 bits per heavy atom. The van der Waals surface area contributed by atoms with Crippen LogP contribution in [0.1, 0.15) is 28.6 Å². The molecule has 1 saturated heterocycles. The van der Waals surface area contributed by atoms with E-state index in [9.17, 15) is 0 Å². The van der Waals surface area contributed by atoms with E-state index in [1.54, 1.807) is 20.4 Å². The molecule has 1 aromatic carbocycles. The van der Waals surface area contributed by atoms with Crippen LogP contribution in [0.4, 0.5) is 0 Å². The highest BCUT2D eigenvalue weighted by molar-refractivity contribution is 5.51. The zero-order valence-electron chi connectivity index (χ0n) is 19.1. The fraction of sp³-hybridized carbons (Fsp3) is 0.375. The highest BCUT2D eigenvalue weighted by Gasteiger charge is 2.27. The second kappa shape index (κ2) is 9.21. The molecule has 33 heavy (non-hydrogen) atoms. The number of methoxy groups -OCH3 is 2. The zero-order chi connectivity index (χ0) is 22.8. The van der Waals surface area contributed by atoms with Crippen LogP contribution in [0, 0.1) is 6.92 Å². The highest BCUT2D eigenvalue weighted by atomic mass is 16.5. The molecular weight excluding hydrogens is 420 g/mol. The zero-order valence-corrected chi connectivity index (χ0v) is 19.1. The van der Waals surface area contributed by atoms with Crippen LogP contribution in [0.25, 0.3) is 5.65 Å². The van der Waals surface area contributed by atoms with Gasteiger partial charge in [-0.05, 0) is 31.2 Å². The van der Waals surface area contributed by atoms with Gasteiger partial charge in [0.25, 0.3) is 0 Å². The molecule has 9 heteroatoms. The van der Waals surface area contributed by atoms with Gasteiger partial charge in [0, 0.05) is 43.8 Å². The Kier molecular flexibility index (Phi) is 5.97. The number of morpholine rings is 1. The molecule has 0 aliphatic carbocycles. The molecule has 1 aliphatic rings. The molecule has 3 aromatic heterocycles. The lowest BCUT2D eigenvalue weighted by Gasteiger charge is -2.33. The molecule has 0 spiro atoms. The molecule has 1 fully saturated rings. The van der Waals surface area contributed by atoms with Crippen LogP contribution in [0.5, 0.6) is 11.5 Å². The lowest BCUT2D eigenvalue weighted by atomic mass is 10.1. The quantitative estimate of drug-likeness (QED) is 0.430. The Labute approximate surface area is 192 Å². The number of rotatable bonds is 7.